The molecule has 10 heteroatoms. The lowest BCUT2D eigenvalue weighted by Gasteiger charge is -2.39. The molecular weight excluding hydrogens is 284 g/mol. The Morgan fingerprint density at radius 2 is 1.74 bits per heavy atom. The Hall–Kier alpha value is -0.330. The lowest BCUT2D eigenvalue weighted by molar-refractivity contribution is -0.300. The minimum Gasteiger partial charge on any atom is -0.394 e. The summed E-state index contributed by atoms with van der Waals surface area (Å²) in [5.41, 5.74) is 0. The summed E-state index contributed by atoms with van der Waals surface area (Å²) in [6, 6.07) is 0. The molecule has 0 aromatic heterocycles. The molecule has 0 saturated carbocycles. The van der Waals surface area contributed by atoms with Crippen LogP contribution in [-0.4, -0.2) is 83.1 Å². The second-order valence-electron chi connectivity index (χ2n) is 4.21. The summed E-state index contributed by atoms with van der Waals surface area (Å²) in [4.78, 5) is 0. The second-order valence-corrected chi connectivity index (χ2v) is 5.78. The van der Waals surface area contributed by atoms with Gasteiger partial charge in [0.2, 0.25) is 0 Å². The summed E-state index contributed by atoms with van der Waals surface area (Å²) in [5.74, 6) is -0.510. The molecule has 1 heterocycles. The Morgan fingerprint density at radius 1 is 1.11 bits per heavy atom. The van der Waals surface area contributed by atoms with Crippen molar-refractivity contribution in [3.05, 3.63) is 0 Å². The van der Waals surface area contributed by atoms with E-state index in [9.17, 15) is 23.7 Å². The van der Waals surface area contributed by atoms with Crippen LogP contribution >= 0.6 is 0 Å². The average molecular weight is 302 g/mol. The van der Waals surface area contributed by atoms with Crippen molar-refractivity contribution in [1.82, 2.24) is 0 Å². The Bertz CT molecular complexity index is 368. The van der Waals surface area contributed by atoms with Gasteiger partial charge in [0.15, 0.2) is 6.29 Å². The van der Waals surface area contributed by atoms with Crippen LogP contribution in [0.3, 0.4) is 0 Å². The van der Waals surface area contributed by atoms with Crippen LogP contribution in [0.1, 0.15) is 6.42 Å². The van der Waals surface area contributed by atoms with E-state index in [-0.39, 0.29) is 13.0 Å². The van der Waals surface area contributed by atoms with Gasteiger partial charge >= 0.3 is 0 Å². The highest BCUT2D eigenvalue weighted by Gasteiger charge is 2.43. The molecule has 0 aromatic carbocycles. The van der Waals surface area contributed by atoms with Gasteiger partial charge in [-0.2, -0.15) is 8.42 Å². The van der Waals surface area contributed by atoms with Crippen molar-refractivity contribution in [2.45, 2.75) is 37.1 Å². The Morgan fingerprint density at radius 3 is 2.26 bits per heavy atom. The fraction of sp³-hybridized carbons (Fsp3) is 1.00. The first kappa shape index (κ1) is 16.7. The molecule has 1 aliphatic heterocycles. The molecule has 9 nitrogen and oxygen atoms in total. The zero-order valence-electron chi connectivity index (χ0n) is 9.99. The maximum absolute atomic E-state index is 10.5. The number of rotatable bonds is 6. The van der Waals surface area contributed by atoms with Crippen LogP contribution in [0.5, 0.6) is 0 Å². The van der Waals surface area contributed by atoms with Gasteiger partial charge in [0, 0.05) is 0 Å². The van der Waals surface area contributed by atoms with Crippen LogP contribution < -0.4 is 0 Å². The van der Waals surface area contributed by atoms with Crippen LogP contribution in [0.15, 0.2) is 0 Å². The van der Waals surface area contributed by atoms with Gasteiger partial charge in [-0.05, 0) is 6.42 Å². The summed E-state index contributed by atoms with van der Waals surface area (Å²) in [5, 5.41) is 37.4. The third kappa shape index (κ3) is 4.93. The van der Waals surface area contributed by atoms with Crippen LogP contribution in [0, 0.1) is 0 Å². The summed E-state index contributed by atoms with van der Waals surface area (Å²) in [7, 11) is -4.09. The van der Waals surface area contributed by atoms with Gasteiger partial charge in [0.25, 0.3) is 10.1 Å². The van der Waals surface area contributed by atoms with E-state index in [0.29, 0.717) is 0 Å². The fourth-order valence-corrected chi connectivity index (χ4v) is 2.13. The largest absolute Gasteiger partial charge is 0.394 e. The van der Waals surface area contributed by atoms with Crippen LogP contribution in [0.4, 0.5) is 0 Å². The molecule has 19 heavy (non-hydrogen) atoms. The van der Waals surface area contributed by atoms with E-state index < -0.39 is 53.2 Å². The van der Waals surface area contributed by atoms with Crippen LogP contribution in [0.2, 0.25) is 0 Å². The predicted octanol–water partition coefficient (Wildman–Crippen LogP) is -2.92. The SMILES string of the molecule is O=S(=O)(O)CCCO[C@@H]1O[C@H](CO)[C@@H](O)[C@H](O)[C@H]1O. The van der Waals surface area contributed by atoms with Crippen LogP contribution in [-0.2, 0) is 19.6 Å². The van der Waals surface area contributed by atoms with Gasteiger partial charge in [-0.1, -0.05) is 0 Å². The zero-order valence-corrected chi connectivity index (χ0v) is 10.8. The molecule has 0 unspecified atom stereocenters. The quantitative estimate of drug-likeness (QED) is 0.256. The monoisotopic (exact) mass is 302 g/mol. The van der Waals surface area contributed by atoms with Gasteiger partial charge in [-0.25, -0.2) is 0 Å². The molecule has 0 bridgehead atoms. The third-order valence-electron chi connectivity index (χ3n) is 2.68. The summed E-state index contributed by atoms with van der Waals surface area (Å²) < 4.78 is 39.4. The maximum atomic E-state index is 10.5. The number of hydrogen-bond donors (Lipinski definition) is 5. The number of ether oxygens (including phenoxy) is 2. The molecule has 1 rings (SSSR count). The highest BCUT2D eigenvalue weighted by Crippen LogP contribution is 2.21. The van der Waals surface area contributed by atoms with Gasteiger partial charge in [0.1, 0.15) is 24.4 Å². The van der Waals surface area contributed by atoms with Gasteiger partial charge in [-0.3, -0.25) is 4.55 Å². The van der Waals surface area contributed by atoms with Crippen molar-refractivity contribution in [3.63, 3.8) is 0 Å². The topological polar surface area (TPSA) is 154 Å². The van der Waals surface area contributed by atoms with Crippen molar-refractivity contribution in [3.8, 4) is 0 Å². The molecule has 0 radical (unpaired) electrons. The Labute approximate surface area is 110 Å². The summed E-state index contributed by atoms with van der Waals surface area (Å²) in [6.07, 6.45) is -6.95. The normalized spacial score (nSPS) is 36.4. The third-order valence-corrected chi connectivity index (χ3v) is 3.48. The van der Waals surface area contributed by atoms with Crippen molar-refractivity contribution in [2.75, 3.05) is 19.0 Å². The molecular formula is C9H18O9S. The maximum Gasteiger partial charge on any atom is 0.264 e. The number of aliphatic hydroxyl groups is 4. The predicted molar refractivity (Wildman–Crippen MR) is 60.8 cm³/mol. The average Bonchev–Trinajstić information content (AvgIpc) is 2.33. The van der Waals surface area contributed by atoms with Crippen molar-refractivity contribution in [1.29, 1.82) is 0 Å². The minimum atomic E-state index is -4.09. The number of hydrogen-bond acceptors (Lipinski definition) is 8. The van der Waals surface area contributed by atoms with E-state index in [1.54, 1.807) is 0 Å². The second kappa shape index (κ2) is 6.90. The highest BCUT2D eigenvalue weighted by molar-refractivity contribution is 7.85. The highest BCUT2D eigenvalue weighted by atomic mass is 32.2. The summed E-state index contributed by atoms with van der Waals surface area (Å²) >= 11 is 0. The first-order chi connectivity index (χ1) is 8.76. The first-order valence-electron chi connectivity index (χ1n) is 5.63. The molecule has 5 atom stereocenters. The van der Waals surface area contributed by atoms with E-state index in [1.807, 2.05) is 0 Å². The lowest BCUT2D eigenvalue weighted by atomic mass is 9.99. The molecule has 0 spiro atoms. The van der Waals surface area contributed by atoms with E-state index in [1.165, 1.54) is 0 Å². The molecule has 0 aliphatic carbocycles. The van der Waals surface area contributed by atoms with Crippen molar-refractivity contribution < 1.29 is 42.9 Å². The van der Waals surface area contributed by atoms with E-state index in [2.05, 4.69) is 0 Å². The molecule has 1 aliphatic rings. The molecule has 5 N–H and O–H groups in total. The fourth-order valence-electron chi connectivity index (χ4n) is 1.65. The first-order valence-corrected chi connectivity index (χ1v) is 7.24. The summed E-state index contributed by atoms with van der Waals surface area (Å²) in [6.45, 7) is -0.724. The van der Waals surface area contributed by atoms with E-state index >= 15 is 0 Å². The molecule has 114 valence electrons. The Balaban J connectivity index is 2.44. The lowest BCUT2D eigenvalue weighted by Crippen LogP contribution is -2.59. The van der Waals surface area contributed by atoms with Gasteiger partial charge in [-0.15, -0.1) is 0 Å². The van der Waals surface area contributed by atoms with Gasteiger partial charge in [0.05, 0.1) is 19.0 Å². The van der Waals surface area contributed by atoms with Crippen LogP contribution in [0.25, 0.3) is 0 Å². The molecule has 0 aromatic rings. The molecule has 1 fully saturated rings. The smallest absolute Gasteiger partial charge is 0.264 e. The van der Waals surface area contributed by atoms with Crippen molar-refractivity contribution >= 4 is 10.1 Å². The van der Waals surface area contributed by atoms with E-state index in [0.717, 1.165) is 0 Å². The molecule has 1 saturated heterocycles. The van der Waals surface area contributed by atoms with Crippen molar-refractivity contribution in [2.24, 2.45) is 0 Å². The molecule has 0 amide bonds. The van der Waals surface area contributed by atoms with E-state index in [4.69, 9.17) is 19.1 Å². The minimum absolute atomic E-state index is 0.0339. The Kier molecular flexibility index (Phi) is 6.08. The number of aliphatic hydroxyl groups excluding tert-OH is 4. The van der Waals surface area contributed by atoms with Gasteiger partial charge < -0.3 is 29.9 Å². The zero-order chi connectivity index (χ0) is 14.6. The standard InChI is InChI=1S/C9H18O9S/c10-4-5-6(11)7(12)8(13)9(18-5)17-2-1-3-19(14,15)16/h5-13H,1-4H2,(H,14,15,16)/t5-,6-,7+,8-,9-/m1/s1.